The third-order valence-corrected chi connectivity index (χ3v) is 13.0. The average Bonchev–Trinajstić information content (AvgIpc) is 3.71. The van der Waals surface area contributed by atoms with E-state index < -0.39 is 0 Å². The minimum atomic E-state index is -0.0358. The van der Waals surface area contributed by atoms with Gasteiger partial charge in [-0.2, -0.15) is 0 Å². The first-order chi connectivity index (χ1) is 30.9. The molecule has 0 fully saturated rings. The maximum Gasteiger partial charge on any atom is 0.258 e. The minimum Gasteiger partial charge on any atom is -0.458 e. The summed E-state index contributed by atoms with van der Waals surface area (Å²) in [5, 5.41) is 2.46. The summed E-state index contributed by atoms with van der Waals surface area (Å²) in [6.45, 7) is 6.83. The van der Waals surface area contributed by atoms with Gasteiger partial charge in [-0.25, -0.2) is 0 Å². The summed E-state index contributed by atoms with van der Waals surface area (Å²) in [5.41, 5.74) is 16.1. The molecule has 0 N–H and O–H groups in total. The van der Waals surface area contributed by atoms with Crippen LogP contribution in [0.2, 0.25) is 0 Å². The number of rotatable bonds is 6. The van der Waals surface area contributed by atoms with E-state index >= 15 is 0 Å². The molecule has 0 saturated heterocycles. The molecule has 8 aromatic carbocycles. The van der Waals surface area contributed by atoms with Crippen molar-refractivity contribution < 1.29 is 4.74 Å². The van der Waals surface area contributed by atoms with Crippen molar-refractivity contribution in [1.82, 2.24) is 4.40 Å². The monoisotopic (exact) mass is 809 g/mol. The molecule has 0 aliphatic carbocycles. The summed E-state index contributed by atoms with van der Waals surface area (Å²) in [7, 11) is 0. The third-order valence-electron chi connectivity index (χ3n) is 13.0. The SMILES string of the molecule is CC(C)(C)c1ccc(N(c2cccc(-c3cccc4ccccc34)c2)c2ccc3c(c2)Oc2cccc4c2B3c2cc3ccccn3c2N4c2ccccc2)c(-c2ccccc2)c1. The molecule has 4 heterocycles. The summed E-state index contributed by atoms with van der Waals surface area (Å²) in [6.07, 6.45) is 2.18. The largest absolute Gasteiger partial charge is 0.458 e. The number of nitrogens with zero attached hydrogens (tertiary/aromatic N) is 3. The first kappa shape index (κ1) is 37.0. The smallest absolute Gasteiger partial charge is 0.258 e. The topological polar surface area (TPSA) is 20.1 Å². The van der Waals surface area contributed by atoms with Crippen LogP contribution in [0, 0.1) is 0 Å². The van der Waals surface area contributed by atoms with Crippen molar-refractivity contribution in [3.05, 3.63) is 218 Å². The number of fused-ring (bicyclic) bond motifs is 7. The third kappa shape index (κ3) is 6.07. The first-order valence-corrected chi connectivity index (χ1v) is 21.9. The molecule has 2 aliphatic rings. The number of hydrogen-bond donors (Lipinski definition) is 0. The summed E-state index contributed by atoms with van der Waals surface area (Å²) >= 11 is 0. The maximum atomic E-state index is 7.12. The van der Waals surface area contributed by atoms with Gasteiger partial charge in [0.15, 0.2) is 0 Å². The van der Waals surface area contributed by atoms with Gasteiger partial charge in [0.1, 0.15) is 17.3 Å². The lowest BCUT2D eigenvalue weighted by Crippen LogP contribution is -2.59. The second kappa shape index (κ2) is 14.4. The lowest BCUT2D eigenvalue weighted by Gasteiger charge is -2.39. The highest BCUT2D eigenvalue weighted by Crippen LogP contribution is 2.46. The Balaban J connectivity index is 1.08. The predicted molar refractivity (Wildman–Crippen MR) is 265 cm³/mol. The Bertz CT molecular complexity index is 3380. The van der Waals surface area contributed by atoms with Crippen LogP contribution < -0.4 is 30.9 Å². The van der Waals surface area contributed by atoms with Crippen LogP contribution in [0.25, 0.3) is 38.5 Å². The first-order valence-electron chi connectivity index (χ1n) is 21.9. The number of aromatic nitrogens is 1. The Morgan fingerprint density at radius 3 is 2.11 bits per heavy atom. The highest BCUT2D eigenvalue weighted by molar-refractivity contribution is 6.99. The molecule has 12 rings (SSSR count). The lowest BCUT2D eigenvalue weighted by molar-refractivity contribution is 0.487. The van der Waals surface area contributed by atoms with Crippen molar-refractivity contribution in [3.8, 4) is 33.8 Å². The molecule has 2 aliphatic heterocycles. The average molecular weight is 810 g/mol. The van der Waals surface area contributed by atoms with E-state index in [1.807, 2.05) is 0 Å². The van der Waals surface area contributed by atoms with Gasteiger partial charge in [-0.15, -0.1) is 0 Å². The van der Waals surface area contributed by atoms with E-state index in [-0.39, 0.29) is 12.1 Å². The molecule has 0 atom stereocenters. The van der Waals surface area contributed by atoms with E-state index in [1.165, 1.54) is 44.0 Å². The number of para-hydroxylation sites is 1. The van der Waals surface area contributed by atoms with Gasteiger partial charge in [0.2, 0.25) is 0 Å². The van der Waals surface area contributed by atoms with Crippen LogP contribution in [0.3, 0.4) is 0 Å². The van der Waals surface area contributed by atoms with Crippen molar-refractivity contribution in [3.63, 3.8) is 0 Å². The number of pyridine rings is 1. The zero-order chi connectivity index (χ0) is 42.2. The summed E-state index contributed by atoms with van der Waals surface area (Å²) < 4.78 is 9.45. The molecule has 5 heteroatoms. The van der Waals surface area contributed by atoms with Gasteiger partial charge in [0.05, 0.1) is 5.69 Å². The maximum absolute atomic E-state index is 7.12. The number of hydrogen-bond acceptors (Lipinski definition) is 3. The summed E-state index contributed by atoms with van der Waals surface area (Å²) in [5.74, 6) is 2.90. The number of ether oxygens (including phenoxy) is 1. The number of benzene rings is 8. The fourth-order valence-corrected chi connectivity index (χ4v) is 9.99. The second-order valence-electron chi connectivity index (χ2n) is 17.8. The van der Waals surface area contributed by atoms with Gasteiger partial charge < -0.3 is 14.0 Å². The molecule has 0 spiro atoms. The standard InChI is InChI=1S/C58H44BN3O/c1-58(2,3)42-30-33-52(49(36-42)40-17-6-4-7-18-40)61(45-25-14-21-41(35-45)48-27-15-20-39-19-10-11-26-47(39)48)46-31-32-50-55(38-46)63-54-29-16-28-53-56(54)59(50)51-37-44-24-12-13-34-60(44)57(51)62(53)43-22-8-5-9-23-43/h4-38H,1-3H3. The van der Waals surface area contributed by atoms with Gasteiger partial charge in [-0.1, -0.05) is 148 Å². The van der Waals surface area contributed by atoms with Crippen LogP contribution >= 0.6 is 0 Å². The molecule has 0 unspecified atom stereocenters. The van der Waals surface area contributed by atoms with Gasteiger partial charge >= 0.3 is 0 Å². The van der Waals surface area contributed by atoms with E-state index in [9.17, 15) is 0 Å². The van der Waals surface area contributed by atoms with Gasteiger partial charge in [0.25, 0.3) is 6.71 Å². The van der Waals surface area contributed by atoms with E-state index in [4.69, 9.17) is 4.74 Å². The molecule has 63 heavy (non-hydrogen) atoms. The molecule has 0 bridgehead atoms. The van der Waals surface area contributed by atoms with Crippen molar-refractivity contribution in [2.24, 2.45) is 0 Å². The molecular formula is C58H44BN3O. The summed E-state index contributed by atoms with van der Waals surface area (Å²) in [4.78, 5) is 4.83. The number of anilines is 6. The van der Waals surface area contributed by atoms with Crippen LogP contribution in [0.4, 0.5) is 34.3 Å². The molecule has 2 aromatic heterocycles. The molecule has 0 amide bonds. The zero-order valence-corrected chi connectivity index (χ0v) is 35.5. The van der Waals surface area contributed by atoms with E-state index in [0.717, 1.165) is 62.3 Å². The highest BCUT2D eigenvalue weighted by atomic mass is 16.5. The van der Waals surface area contributed by atoms with Gasteiger partial charge in [-0.05, 0) is 128 Å². The van der Waals surface area contributed by atoms with Crippen molar-refractivity contribution in [2.75, 3.05) is 9.80 Å². The van der Waals surface area contributed by atoms with E-state index in [2.05, 4.69) is 247 Å². The lowest BCUT2D eigenvalue weighted by atomic mass is 9.34. The predicted octanol–water partition coefficient (Wildman–Crippen LogP) is 13.6. The molecule has 0 radical (unpaired) electrons. The fourth-order valence-electron chi connectivity index (χ4n) is 9.99. The van der Waals surface area contributed by atoms with Crippen molar-refractivity contribution in [1.29, 1.82) is 0 Å². The quantitative estimate of drug-likeness (QED) is 0.156. The van der Waals surface area contributed by atoms with E-state index in [1.54, 1.807) is 0 Å². The Morgan fingerprint density at radius 2 is 1.25 bits per heavy atom. The molecular weight excluding hydrogens is 765 g/mol. The normalized spacial score (nSPS) is 12.7. The van der Waals surface area contributed by atoms with E-state index in [0.29, 0.717) is 0 Å². The molecule has 300 valence electrons. The highest BCUT2D eigenvalue weighted by Gasteiger charge is 2.43. The molecule has 4 nitrogen and oxygen atoms in total. The fraction of sp³-hybridized carbons (Fsp3) is 0.0690. The van der Waals surface area contributed by atoms with Crippen LogP contribution in [-0.4, -0.2) is 11.1 Å². The summed E-state index contributed by atoms with van der Waals surface area (Å²) in [6, 6.07) is 74.9. The second-order valence-corrected chi connectivity index (χ2v) is 17.8. The van der Waals surface area contributed by atoms with Crippen LogP contribution in [-0.2, 0) is 5.41 Å². The van der Waals surface area contributed by atoms with Crippen LogP contribution in [0.5, 0.6) is 11.5 Å². The Morgan fingerprint density at radius 1 is 0.524 bits per heavy atom. The van der Waals surface area contributed by atoms with Crippen molar-refractivity contribution >= 4 is 73.6 Å². The Hall–Kier alpha value is -7.76. The van der Waals surface area contributed by atoms with Gasteiger partial charge in [0, 0.05) is 46.1 Å². The van der Waals surface area contributed by atoms with Crippen LogP contribution in [0.15, 0.2) is 212 Å². The van der Waals surface area contributed by atoms with Gasteiger partial charge in [-0.3, -0.25) is 4.90 Å². The Kier molecular flexibility index (Phi) is 8.48. The Labute approximate surface area is 369 Å². The van der Waals surface area contributed by atoms with Crippen LogP contribution in [0.1, 0.15) is 26.3 Å². The molecule has 0 saturated carbocycles. The molecule has 10 aromatic rings. The van der Waals surface area contributed by atoms with Crippen molar-refractivity contribution in [2.45, 2.75) is 26.2 Å². The zero-order valence-electron chi connectivity index (χ0n) is 35.5. The minimum absolute atomic E-state index is 0.0297.